The first-order valence-electron chi connectivity index (χ1n) is 8.92. The average Bonchev–Trinajstić information content (AvgIpc) is 3.36. The summed E-state index contributed by atoms with van der Waals surface area (Å²) < 4.78 is 25.1. The normalized spacial score (nSPS) is 16.1. The van der Waals surface area contributed by atoms with Gasteiger partial charge in [0, 0.05) is 23.7 Å². The average molecular weight is 396 g/mol. The summed E-state index contributed by atoms with van der Waals surface area (Å²) >= 11 is 0. The molecule has 0 saturated carbocycles. The van der Waals surface area contributed by atoms with Crippen molar-refractivity contribution in [3.05, 3.63) is 54.9 Å². The zero-order valence-corrected chi connectivity index (χ0v) is 15.2. The third-order valence-electron chi connectivity index (χ3n) is 4.61. The van der Waals surface area contributed by atoms with Crippen LogP contribution in [0.15, 0.2) is 53.5 Å². The van der Waals surface area contributed by atoms with E-state index in [9.17, 15) is 14.0 Å². The molecule has 4 rings (SSSR count). The highest BCUT2D eigenvalue weighted by Gasteiger charge is 2.32. The Morgan fingerprint density at radius 2 is 2.14 bits per heavy atom. The summed E-state index contributed by atoms with van der Waals surface area (Å²) in [5.41, 5.74) is 7.02. The summed E-state index contributed by atoms with van der Waals surface area (Å²) in [4.78, 5) is 32.4. The highest BCUT2D eigenvalue weighted by Crippen LogP contribution is 2.30. The van der Waals surface area contributed by atoms with Crippen LogP contribution in [0.4, 0.5) is 14.9 Å². The first-order valence-corrected chi connectivity index (χ1v) is 8.92. The third-order valence-corrected chi connectivity index (χ3v) is 4.61. The number of halogens is 1. The lowest BCUT2D eigenvalue weighted by Crippen LogP contribution is -2.25. The number of nitrogens with zero attached hydrogens (tertiary/aromatic N) is 3. The molecule has 0 aliphatic carbocycles. The molecule has 3 heterocycles. The van der Waals surface area contributed by atoms with E-state index in [1.54, 1.807) is 36.7 Å². The molecular weight excluding hydrogens is 379 g/mol. The van der Waals surface area contributed by atoms with Crippen LogP contribution >= 0.6 is 0 Å². The minimum atomic E-state index is -0.579. The maximum absolute atomic E-state index is 14.7. The molecule has 0 radical (unpaired) electrons. The van der Waals surface area contributed by atoms with Crippen molar-refractivity contribution in [3.8, 4) is 22.6 Å². The molecule has 0 spiro atoms. The smallest absolute Gasteiger partial charge is 0.414 e. The Morgan fingerprint density at radius 1 is 1.28 bits per heavy atom. The van der Waals surface area contributed by atoms with Crippen molar-refractivity contribution in [1.29, 1.82) is 0 Å². The van der Waals surface area contributed by atoms with E-state index in [1.807, 2.05) is 0 Å². The van der Waals surface area contributed by atoms with E-state index in [2.05, 4.69) is 9.97 Å². The van der Waals surface area contributed by atoms with Crippen LogP contribution < -0.4 is 10.6 Å². The monoisotopic (exact) mass is 396 g/mol. The molecular formula is C20H17FN4O4. The van der Waals surface area contributed by atoms with E-state index >= 15 is 0 Å². The van der Waals surface area contributed by atoms with Gasteiger partial charge in [0.05, 0.1) is 18.4 Å². The van der Waals surface area contributed by atoms with Gasteiger partial charge in [-0.25, -0.2) is 14.2 Å². The lowest BCUT2D eigenvalue weighted by atomic mass is 10.1. The van der Waals surface area contributed by atoms with Gasteiger partial charge in [-0.15, -0.1) is 0 Å². The zero-order valence-electron chi connectivity index (χ0n) is 15.2. The fraction of sp³-hybridized carbons (Fsp3) is 0.200. The van der Waals surface area contributed by atoms with Gasteiger partial charge in [0.15, 0.2) is 12.2 Å². The topological polar surface area (TPSA) is 112 Å². The van der Waals surface area contributed by atoms with Crippen LogP contribution in [0.3, 0.4) is 0 Å². The Labute approximate surface area is 165 Å². The second kappa shape index (κ2) is 7.70. The second-order valence-electron chi connectivity index (χ2n) is 6.58. The predicted octanol–water partition coefficient (Wildman–Crippen LogP) is 3.13. The van der Waals surface area contributed by atoms with Gasteiger partial charge in [0.25, 0.3) is 0 Å². The quantitative estimate of drug-likeness (QED) is 0.685. The summed E-state index contributed by atoms with van der Waals surface area (Å²) in [5.74, 6) is -0.436. The maximum atomic E-state index is 14.7. The number of anilines is 1. The molecule has 1 aliphatic heterocycles. The van der Waals surface area contributed by atoms with Gasteiger partial charge in [-0.2, -0.15) is 0 Å². The summed E-state index contributed by atoms with van der Waals surface area (Å²) in [6.45, 7) is 0.234. The predicted molar refractivity (Wildman–Crippen MR) is 101 cm³/mol. The van der Waals surface area contributed by atoms with Crippen molar-refractivity contribution in [1.82, 2.24) is 9.97 Å². The summed E-state index contributed by atoms with van der Waals surface area (Å²) in [7, 11) is 0. The summed E-state index contributed by atoms with van der Waals surface area (Å²) in [6, 6.07) is 7.94. The fourth-order valence-corrected chi connectivity index (χ4v) is 3.13. The Hall–Kier alpha value is -3.75. The molecule has 9 heteroatoms. The fourth-order valence-electron chi connectivity index (χ4n) is 3.13. The second-order valence-corrected chi connectivity index (χ2v) is 6.58. The van der Waals surface area contributed by atoms with Gasteiger partial charge in [-0.1, -0.05) is 6.07 Å². The zero-order chi connectivity index (χ0) is 20.4. The molecule has 2 N–H and O–H groups in total. The molecule has 1 atom stereocenters. The number of pyridine rings is 1. The number of aromatic nitrogens is 2. The third kappa shape index (κ3) is 3.93. The van der Waals surface area contributed by atoms with Crippen LogP contribution in [0.2, 0.25) is 0 Å². The number of ether oxygens (including phenoxy) is 1. The van der Waals surface area contributed by atoms with Gasteiger partial charge >= 0.3 is 6.09 Å². The van der Waals surface area contributed by atoms with E-state index in [0.717, 1.165) is 0 Å². The molecule has 1 aliphatic rings. The van der Waals surface area contributed by atoms with E-state index in [0.29, 0.717) is 34.7 Å². The summed E-state index contributed by atoms with van der Waals surface area (Å²) in [5, 5.41) is 0. The Bertz CT molecular complexity index is 1040. The highest BCUT2D eigenvalue weighted by molar-refractivity contribution is 5.90. The van der Waals surface area contributed by atoms with Crippen LogP contribution in [-0.2, 0) is 9.53 Å². The molecule has 1 aromatic carbocycles. The maximum Gasteiger partial charge on any atom is 0.414 e. The van der Waals surface area contributed by atoms with Gasteiger partial charge in [0.1, 0.15) is 17.6 Å². The molecule has 29 heavy (non-hydrogen) atoms. The molecule has 1 unspecified atom stereocenters. The molecule has 3 aromatic rings. The van der Waals surface area contributed by atoms with Crippen molar-refractivity contribution in [3.63, 3.8) is 0 Å². The minimum absolute atomic E-state index is 0.121. The molecule has 1 fully saturated rings. The first kappa shape index (κ1) is 18.6. The number of primary amides is 1. The van der Waals surface area contributed by atoms with Crippen molar-refractivity contribution < 1.29 is 23.1 Å². The number of hydrogen-bond donors (Lipinski definition) is 1. The Morgan fingerprint density at radius 3 is 2.79 bits per heavy atom. The molecule has 1 saturated heterocycles. The van der Waals surface area contributed by atoms with Crippen LogP contribution in [0.1, 0.15) is 12.8 Å². The lowest BCUT2D eigenvalue weighted by Gasteiger charge is -2.14. The number of amides is 2. The number of benzene rings is 1. The van der Waals surface area contributed by atoms with Crippen molar-refractivity contribution in [2.45, 2.75) is 18.9 Å². The Kier molecular flexibility index (Phi) is 4.94. The number of hydrogen-bond acceptors (Lipinski definition) is 6. The summed E-state index contributed by atoms with van der Waals surface area (Å²) in [6.07, 6.45) is 3.82. The minimum Gasteiger partial charge on any atom is -0.444 e. The molecule has 148 valence electrons. The molecule has 2 aromatic heterocycles. The van der Waals surface area contributed by atoms with E-state index in [1.165, 1.54) is 17.4 Å². The SMILES string of the molecule is NC(=O)CCC1CN(c2ccc(-c3ccc(-c4cnco4)nc3)c(F)c2)C(=O)O1. The van der Waals surface area contributed by atoms with Crippen LogP contribution in [0.25, 0.3) is 22.6 Å². The number of rotatable bonds is 6. The number of carbonyl (C=O) groups is 2. The number of oxazole rings is 1. The van der Waals surface area contributed by atoms with Gasteiger partial charge in [-0.3, -0.25) is 14.7 Å². The largest absolute Gasteiger partial charge is 0.444 e. The van der Waals surface area contributed by atoms with Crippen LogP contribution in [-0.4, -0.2) is 34.6 Å². The number of cyclic esters (lactones) is 1. The van der Waals surface area contributed by atoms with Crippen LogP contribution in [0.5, 0.6) is 0 Å². The van der Waals surface area contributed by atoms with Crippen LogP contribution in [0, 0.1) is 5.82 Å². The molecule has 2 amide bonds. The van der Waals surface area contributed by atoms with E-state index < -0.39 is 23.9 Å². The standard InChI is InChI=1S/C20H17FN4O4/c21-16-7-13(25-10-14(29-20(25)27)3-6-19(22)26)2-4-15(16)12-1-5-17(24-8-12)18-9-23-11-28-18/h1-2,4-5,7-9,11,14H,3,6,10H2,(H2,22,26). The highest BCUT2D eigenvalue weighted by atomic mass is 19.1. The Balaban J connectivity index is 1.51. The van der Waals surface area contributed by atoms with Gasteiger partial charge < -0.3 is 14.9 Å². The molecule has 0 bridgehead atoms. The number of nitrogens with two attached hydrogens (primary N) is 1. The number of carbonyl (C=O) groups excluding carboxylic acids is 2. The van der Waals surface area contributed by atoms with Crippen molar-refractivity contribution in [2.75, 3.05) is 11.4 Å². The van der Waals surface area contributed by atoms with Crippen molar-refractivity contribution >= 4 is 17.7 Å². The lowest BCUT2D eigenvalue weighted by molar-refractivity contribution is -0.118. The van der Waals surface area contributed by atoms with E-state index in [4.69, 9.17) is 14.9 Å². The van der Waals surface area contributed by atoms with Gasteiger partial charge in [-0.05, 0) is 30.7 Å². The van der Waals surface area contributed by atoms with Gasteiger partial charge in [0.2, 0.25) is 5.91 Å². The first-order chi connectivity index (χ1) is 14.0. The van der Waals surface area contributed by atoms with E-state index in [-0.39, 0.29) is 13.0 Å². The van der Waals surface area contributed by atoms with Crippen molar-refractivity contribution in [2.24, 2.45) is 5.73 Å². The molecule has 8 nitrogen and oxygen atoms in total.